The molecular formula is C21H24ClF2N5O. The molecule has 6 nitrogen and oxygen atoms in total. The Kier molecular flexibility index (Phi) is 5.30. The predicted molar refractivity (Wildman–Crippen MR) is 113 cm³/mol. The minimum Gasteiger partial charge on any atom is -0.463 e. The number of ether oxygens (including phenoxy) is 1. The van der Waals surface area contributed by atoms with E-state index in [2.05, 4.69) is 15.0 Å². The van der Waals surface area contributed by atoms with Gasteiger partial charge in [-0.05, 0) is 17.0 Å². The van der Waals surface area contributed by atoms with Crippen molar-refractivity contribution in [2.75, 3.05) is 24.6 Å². The van der Waals surface area contributed by atoms with E-state index in [0.717, 1.165) is 5.56 Å². The first-order valence-electron chi connectivity index (χ1n) is 9.83. The second kappa shape index (κ2) is 7.65. The van der Waals surface area contributed by atoms with Crippen molar-refractivity contribution in [3.8, 4) is 6.01 Å². The van der Waals surface area contributed by atoms with Gasteiger partial charge in [0, 0.05) is 18.0 Å². The van der Waals surface area contributed by atoms with Crippen LogP contribution in [0.5, 0.6) is 6.01 Å². The number of halogens is 3. The summed E-state index contributed by atoms with van der Waals surface area (Å²) in [6.07, 6.45) is 1.42. The highest BCUT2D eigenvalue weighted by Crippen LogP contribution is 2.34. The Morgan fingerprint density at radius 3 is 2.63 bits per heavy atom. The summed E-state index contributed by atoms with van der Waals surface area (Å²) in [5.74, 6) is -2.37. The highest BCUT2D eigenvalue weighted by atomic mass is 35.5. The first-order chi connectivity index (χ1) is 14.1. The minimum absolute atomic E-state index is 0.100. The number of benzene rings is 1. The lowest BCUT2D eigenvalue weighted by atomic mass is 9.99. The van der Waals surface area contributed by atoms with Gasteiger partial charge in [0.15, 0.2) is 17.0 Å². The fourth-order valence-electron chi connectivity index (χ4n) is 3.32. The van der Waals surface area contributed by atoms with E-state index >= 15 is 0 Å². The van der Waals surface area contributed by atoms with Crippen LogP contribution in [0.25, 0.3) is 11.2 Å². The number of fused-ring (bicyclic) bond motifs is 1. The van der Waals surface area contributed by atoms with E-state index in [9.17, 15) is 8.78 Å². The third-order valence-electron chi connectivity index (χ3n) is 4.83. The van der Waals surface area contributed by atoms with E-state index < -0.39 is 12.5 Å². The lowest BCUT2D eigenvalue weighted by Crippen LogP contribution is -2.26. The summed E-state index contributed by atoms with van der Waals surface area (Å²) in [4.78, 5) is 15.0. The number of hydrogen-bond donors (Lipinski definition) is 0. The maximum absolute atomic E-state index is 13.9. The molecule has 3 aromatic rings. The number of hydrogen-bond acceptors (Lipinski definition) is 5. The van der Waals surface area contributed by atoms with Gasteiger partial charge in [-0.3, -0.25) is 0 Å². The maximum atomic E-state index is 13.9. The zero-order chi connectivity index (χ0) is 21.5. The Morgan fingerprint density at radius 1 is 1.20 bits per heavy atom. The van der Waals surface area contributed by atoms with Gasteiger partial charge in [-0.25, -0.2) is 13.8 Å². The second-order valence-corrected chi connectivity index (χ2v) is 9.25. The molecule has 1 aliphatic heterocycles. The van der Waals surface area contributed by atoms with Gasteiger partial charge in [-0.2, -0.15) is 9.97 Å². The second-order valence-electron chi connectivity index (χ2n) is 8.84. The first kappa shape index (κ1) is 20.8. The molecular weight excluding hydrogens is 412 g/mol. The Hall–Kier alpha value is -2.48. The quantitative estimate of drug-likeness (QED) is 0.576. The van der Waals surface area contributed by atoms with Crippen LogP contribution in [0, 0.1) is 5.41 Å². The molecule has 0 radical (unpaired) electrons. The van der Waals surface area contributed by atoms with Gasteiger partial charge in [-0.15, -0.1) is 0 Å². The standard InChI is InChI=1S/C21H24ClF2N5O/c1-20(2,3)12-30-19-26-17(28-9-8-21(23,24)11-28)16-18(27-19)29(13-25-16)10-14-6-4-5-7-15(14)22/h4-7,13H,8-12H2,1-3H3. The van der Waals surface area contributed by atoms with Crippen molar-refractivity contribution in [3.05, 3.63) is 41.2 Å². The lowest BCUT2D eigenvalue weighted by Gasteiger charge is -2.20. The van der Waals surface area contributed by atoms with Crippen LogP contribution >= 0.6 is 11.6 Å². The molecule has 0 atom stereocenters. The summed E-state index contributed by atoms with van der Waals surface area (Å²) in [6, 6.07) is 7.67. The van der Waals surface area contributed by atoms with Crippen LogP contribution in [0.2, 0.25) is 5.02 Å². The van der Waals surface area contributed by atoms with Crippen molar-refractivity contribution >= 4 is 28.6 Å². The lowest BCUT2D eigenvalue weighted by molar-refractivity contribution is 0.0257. The van der Waals surface area contributed by atoms with Gasteiger partial charge >= 0.3 is 6.01 Å². The molecule has 0 saturated carbocycles. The minimum atomic E-state index is -2.75. The summed E-state index contributed by atoms with van der Waals surface area (Å²) in [7, 11) is 0. The molecule has 0 aliphatic carbocycles. The molecule has 0 N–H and O–H groups in total. The molecule has 160 valence electrons. The van der Waals surface area contributed by atoms with Gasteiger partial charge in [-0.1, -0.05) is 50.6 Å². The topological polar surface area (TPSA) is 56.1 Å². The molecule has 9 heteroatoms. The van der Waals surface area contributed by atoms with E-state index in [1.165, 1.54) is 0 Å². The molecule has 1 fully saturated rings. The Balaban J connectivity index is 1.75. The number of anilines is 1. The number of imidazole rings is 1. The van der Waals surface area contributed by atoms with E-state index in [1.807, 2.05) is 49.6 Å². The normalized spacial score (nSPS) is 16.4. The van der Waals surface area contributed by atoms with Crippen LogP contribution in [0.1, 0.15) is 32.8 Å². The predicted octanol–water partition coefficient (Wildman–Crippen LogP) is 4.80. The third-order valence-corrected chi connectivity index (χ3v) is 5.20. The van der Waals surface area contributed by atoms with Crippen molar-refractivity contribution in [2.45, 2.75) is 39.7 Å². The molecule has 2 aromatic heterocycles. The van der Waals surface area contributed by atoms with Gasteiger partial charge in [0.2, 0.25) is 0 Å². The fourth-order valence-corrected chi connectivity index (χ4v) is 3.51. The summed E-state index contributed by atoms with van der Waals surface area (Å²) in [5.41, 5.74) is 1.81. The highest BCUT2D eigenvalue weighted by molar-refractivity contribution is 6.31. The molecule has 1 aromatic carbocycles. The summed E-state index contributed by atoms with van der Waals surface area (Å²) in [5, 5.41) is 0.636. The van der Waals surface area contributed by atoms with E-state index in [4.69, 9.17) is 16.3 Å². The van der Waals surface area contributed by atoms with Crippen LogP contribution in [-0.4, -0.2) is 45.1 Å². The zero-order valence-electron chi connectivity index (χ0n) is 17.2. The van der Waals surface area contributed by atoms with Gasteiger partial charge in [0.25, 0.3) is 5.92 Å². The third kappa shape index (κ3) is 4.48. The Bertz CT molecular complexity index is 1060. The summed E-state index contributed by atoms with van der Waals surface area (Å²) >= 11 is 6.31. The summed E-state index contributed by atoms with van der Waals surface area (Å²) < 4.78 is 35.4. The summed E-state index contributed by atoms with van der Waals surface area (Å²) in [6.45, 7) is 6.76. The number of aromatic nitrogens is 4. The van der Waals surface area contributed by atoms with Crippen molar-refractivity contribution in [1.82, 2.24) is 19.5 Å². The monoisotopic (exact) mass is 435 g/mol. The van der Waals surface area contributed by atoms with Crippen LogP contribution in [-0.2, 0) is 6.54 Å². The van der Waals surface area contributed by atoms with Crippen LogP contribution < -0.4 is 9.64 Å². The molecule has 1 saturated heterocycles. The van der Waals surface area contributed by atoms with Crippen LogP contribution in [0.4, 0.5) is 14.6 Å². The van der Waals surface area contributed by atoms with E-state index in [1.54, 1.807) is 11.2 Å². The van der Waals surface area contributed by atoms with Gasteiger partial charge in [0.1, 0.15) is 0 Å². The molecule has 0 unspecified atom stereocenters. The van der Waals surface area contributed by atoms with Gasteiger partial charge in [0.05, 0.1) is 26.0 Å². The van der Waals surface area contributed by atoms with Gasteiger partial charge < -0.3 is 14.2 Å². The van der Waals surface area contributed by atoms with Crippen LogP contribution in [0.3, 0.4) is 0 Å². The first-order valence-corrected chi connectivity index (χ1v) is 10.2. The van der Waals surface area contributed by atoms with Crippen LogP contribution in [0.15, 0.2) is 30.6 Å². The van der Waals surface area contributed by atoms with Crippen molar-refractivity contribution in [2.24, 2.45) is 5.41 Å². The largest absolute Gasteiger partial charge is 0.463 e. The number of rotatable bonds is 5. The molecule has 30 heavy (non-hydrogen) atoms. The van der Waals surface area contributed by atoms with Crippen molar-refractivity contribution in [3.63, 3.8) is 0 Å². The molecule has 3 heterocycles. The van der Waals surface area contributed by atoms with E-state index in [0.29, 0.717) is 35.2 Å². The maximum Gasteiger partial charge on any atom is 0.320 e. The number of alkyl halides is 2. The highest BCUT2D eigenvalue weighted by Gasteiger charge is 2.40. The average molecular weight is 436 g/mol. The van der Waals surface area contributed by atoms with E-state index in [-0.39, 0.29) is 24.4 Å². The molecule has 1 aliphatic rings. The SMILES string of the molecule is CC(C)(C)COc1nc(N2CCC(F)(F)C2)c2ncn(Cc3ccccc3Cl)c2n1. The zero-order valence-corrected chi connectivity index (χ0v) is 18.0. The average Bonchev–Trinajstić information content (AvgIpc) is 3.24. The molecule has 0 spiro atoms. The van der Waals surface area contributed by atoms with Crippen molar-refractivity contribution in [1.29, 1.82) is 0 Å². The Labute approximate surface area is 178 Å². The smallest absolute Gasteiger partial charge is 0.320 e. The number of nitrogens with zero attached hydrogens (tertiary/aromatic N) is 5. The fraction of sp³-hybridized carbons (Fsp3) is 0.476. The Morgan fingerprint density at radius 2 is 1.97 bits per heavy atom. The van der Waals surface area contributed by atoms with Crippen molar-refractivity contribution < 1.29 is 13.5 Å². The molecule has 0 bridgehead atoms. The molecule has 0 amide bonds. The molecule has 4 rings (SSSR count).